The topological polar surface area (TPSA) is 44.1 Å². The Labute approximate surface area is 120 Å². The molecule has 0 radical (unpaired) electrons. The van der Waals surface area contributed by atoms with Crippen LogP contribution in [0.15, 0.2) is 30.3 Å². The van der Waals surface area contributed by atoms with Gasteiger partial charge >= 0.3 is 0 Å². The van der Waals surface area contributed by atoms with Gasteiger partial charge in [-0.1, -0.05) is 31.4 Å². The number of amides is 1. The Balaban J connectivity index is 1.99. The highest BCUT2D eigenvalue weighted by Crippen LogP contribution is 2.21. The van der Waals surface area contributed by atoms with E-state index in [9.17, 15) is 4.79 Å². The fourth-order valence-electron chi connectivity index (χ4n) is 2.65. The summed E-state index contributed by atoms with van der Waals surface area (Å²) in [4.78, 5) is 14.0. The molecule has 3 heteroatoms. The first-order valence-corrected chi connectivity index (χ1v) is 7.16. The molecular weight excluding hydrogens is 248 g/mol. The minimum Gasteiger partial charge on any atom is -0.339 e. The number of hydrogen-bond donors (Lipinski definition) is 0. The Hall–Kier alpha value is -2.08. The van der Waals surface area contributed by atoms with Crippen LogP contribution < -0.4 is 0 Å². The van der Waals surface area contributed by atoms with Crippen molar-refractivity contribution >= 4 is 12.0 Å². The zero-order valence-corrected chi connectivity index (χ0v) is 11.9. The molecule has 0 saturated heterocycles. The summed E-state index contributed by atoms with van der Waals surface area (Å²) < 4.78 is 0. The molecule has 0 atom stereocenters. The smallest absolute Gasteiger partial charge is 0.246 e. The van der Waals surface area contributed by atoms with Crippen LogP contribution in [0.5, 0.6) is 0 Å². The van der Waals surface area contributed by atoms with Crippen LogP contribution >= 0.6 is 0 Å². The number of rotatable bonds is 3. The summed E-state index contributed by atoms with van der Waals surface area (Å²) in [7, 11) is 1.88. The second-order valence-electron chi connectivity index (χ2n) is 5.31. The van der Waals surface area contributed by atoms with Gasteiger partial charge in [0.05, 0.1) is 11.6 Å². The molecule has 2 rings (SSSR count). The molecule has 1 fully saturated rings. The van der Waals surface area contributed by atoms with Gasteiger partial charge in [-0.25, -0.2) is 0 Å². The van der Waals surface area contributed by atoms with Crippen molar-refractivity contribution in [3.05, 3.63) is 41.5 Å². The monoisotopic (exact) mass is 268 g/mol. The highest BCUT2D eigenvalue weighted by molar-refractivity contribution is 5.91. The Morgan fingerprint density at radius 3 is 2.80 bits per heavy atom. The lowest BCUT2D eigenvalue weighted by atomic mass is 9.94. The van der Waals surface area contributed by atoms with Crippen molar-refractivity contribution in [2.24, 2.45) is 0 Å². The molecule has 1 aliphatic carbocycles. The third kappa shape index (κ3) is 3.71. The molecule has 3 nitrogen and oxygen atoms in total. The Morgan fingerprint density at radius 2 is 2.10 bits per heavy atom. The fraction of sp³-hybridized carbons (Fsp3) is 0.412. The fourth-order valence-corrected chi connectivity index (χ4v) is 2.65. The van der Waals surface area contributed by atoms with Crippen molar-refractivity contribution in [1.82, 2.24) is 4.90 Å². The first-order chi connectivity index (χ1) is 9.70. The zero-order valence-electron chi connectivity index (χ0n) is 11.9. The van der Waals surface area contributed by atoms with Gasteiger partial charge in [0.25, 0.3) is 0 Å². The molecule has 1 aliphatic rings. The number of likely N-dealkylation sites (N-methyl/N-ethyl adjacent to an activating group) is 1. The van der Waals surface area contributed by atoms with Crippen molar-refractivity contribution in [2.75, 3.05) is 7.05 Å². The van der Waals surface area contributed by atoms with E-state index in [1.54, 1.807) is 24.3 Å². The summed E-state index contributed by atoms with van der Waals surface area (Å²) in [6.07, 6.45) is 9.33. The maximum Gasteiger partial charge on any atom is 0.246 e. The van der Waals surface area contributed by atoms with E-state index >= 15 is 0 Å². The first-order valence-electron chi connectivity index (χ1n) is 7.16. The van der Waals surface area contributed by atoms with Gasteiger partial charge < -0.3 is 4.90 Å². The molecular formula is C17H20N2O. The van der Waals surface area contributed by atoms with E-state index in [1.165, 1.54) is 19.3 Å². The van der Waals surface area contributed by atoms with Gasteiger partial charge in [-0.05, 0) is 36.6 Å². The van der Waals surface area contributed by atoms with E-state index in [-0.39, 0.29) is 5.91 Å². The second kappa shape index (κ2) is 6.91. The number of carbonyl (C=O) groups is 1. The SMILES string of the molecule is CN(C(=O)/C=C/c1cccc(C#N)c1)C1CCCCC1. The van der Waals surface area contributed by atoms with Crippen LogP contribution in [0, 0.1) is 11.3 Å². The van der Waals surface area contributed by atoms with E-state index in [0.717, 1.165) is 18.4 Å². The van der Waals surface area contributed by atoms with Crippen molar-refractivity contribution in [3.63, 3.8) is 0 Å². The summed E-state index contributed by atoms with van der Waals surface area (Å²) >= 11 is 0. The van der Waals surface area contributed by atoms with Gasteiger partial charge in [0, 0.05) is 19.2 Å². The van der Waals surface area contributed by atoms with Crippen LogP contribution in [0.2, 0.25) is 0 Å². The highest BCUT2D eigenvalue weighted by Gasteiger charge is 2.20. The van der Waals surface area contributed by atoms with Crippen molar-refractivity contribution in [3.8, 4) is 6.07 Å². The average molecular weight is 268 g/mol. The summed E-state index contributed by atoms with van der Waals surface area (Å²) in [5, 5.41) is 8.85. The first kappa shape index (κ1) is 14.3. The minimum atomic E-state index is 0.0410. The van der Waals surface area contributed by atoms with Crippen molar-refractivity contribution in [2.45, 2.75) is 38.1 Å². The number of nitrogens with zero attached hydrogens (tertiary/aromatic N) is 2. The van der Waals surface area contributed by atoms with E-state index in [0.29, 0.717) is 11.6 Å². The largest absolute Gasteiger partial charge is 0.339 e. The standard InChI is InChI=1S/C17H20N2O/c1-19(16-8-3-2-4-9-16)17(20)11-10-14-6-5-7-15(12-14)13-18/h5-7,10-12,16H,2-4,8-9H2,1H3/b11-10+. The highest BCUT2D eigenvalue weighted by atomic mass is 16.2. The molecule has 0 N–H and O–H groups in total. The summed E-state index contributed by atoms with van der Waals surface area (Å²) in [5.41, 5.74) is 1.50. The predicted molar refractivity (Wildman–Crippen MR) is 79.8 cm³/mol. The van der Waals surface area contributed by atoms with Gasteiger partial charge in [-0.2, -0.15) is 5.26 Å². The zero-order chi connectivity index (χ0) is 14.4. The van der Waals surface area contributed by atoms with E-state index in [4.69, 9.17) is 5.26 Å². The number of nitriles is 1. The molecule has 20 heavy (non-hydrogen) atoms. The summed E-state index contributed by atoms with van der Waals surface area (Å²) in [5.74, 6) is 0.0410. The van der Waals surface area contributed by atoms with Crippen LogP contribution in [0.1, 0.15) is 43.2 Å². The van der Waals surface area contributed by atoms with Gasteiger partial charge in [0.15, 0.2) is 0 Å². The molecule has 1 saturated carbocycles. The van der Waals surface area contributed by atoms with Gasteiger partial charge in [0.2, 0.25) is 5.91 Å². The minimum absolute atomic E-state index is 0.0410. The van der Waals surface area contributed by atoms with Crippen LogP contribution in [0.3, 0.4) is 0 Å². The van der Waals surface area contributed by atoms with Crippen molar-refractivity contribution in [1.29, 1.82) is 5.26 Å². The van der Waals surface area contributed by atoms with Gasteiger partial charge in [0.1, 0.15) is 0 Å². The van der Waals surface area contributed by atoms with Crippen LogP contribution in [0.25, 0.3) is 6.08 Å². The molecule has 0 aliphatic heterocycles. The molecule has 104 valence electrons. The molecule has 0 spiro atoms. The number of hydrogen-bond acceptors (Lipinski definition) is 2. The molecule has 0 heterocycles. The van der Waals surface area contributed by atoms with Crippen molar-refractivity contribution < 1.29 is 4.79 Å². The predicted octanol–water partition coefficient (Wildman–Crippen LogP) is 3.36. The van der Waals surface area contributed by atoms with Gasteiger partial charge in [-0.15, -0.1) is 0 Å². The maximum absolute atomic E-state index is 12.1. The number of carbonyl (C=O) groups excluding carboxylic acids is 1. The molecule has 1 aromatic carbocycles. The number of benzene rings is 1. The summed E-state index contributed by atoms with van der Waals surface area (Å²) in [6.45, 7) is 0. The van der Waals surface area contributed by atoms with Crippen LogP contribution in [-0.2, 0) is 4.79 Å². The summed E-state index contributed by atoms with van der Waals surface area (Å²) in [6, 6.07) is 9.74. The molecule has 1 amide bonds. The molecule has 0 unspecified atom stereocenters. The lowest BCUT2D eigenvalue weighted by Crippen LogP contribution is -2.37. The Bertz CT molecular complexity index is 536. The van der Waals surface area contributed by atoms with Crippen LogP contribution in [-0.4, -0.2) is 23.9 Å². The molecule has 1 aromatic rings. The van der Waals surface area contributed by atoms with E-state index < -0.39 is 0 Å². The lowest BCUT2D eigenvalue weighted by molar-refractivity contribution is -0.127. The second-order valence-corrected chi connectivity index (χ2v) is 5.31. The van der Waals surface area contributed by atoms with E-state index in [2.05, 4.69) is 6.07 Å². The third-order valence-electron chi connectivity index (χ3n) is 3.90. The van der Waals surface area contributed by atoms with E-state index in [1.807, 2.05) is 24.1 Å². The third-order valence-corrected chi connectivity index (χ3v) is 3.90. The normalized spacial score (nSPS) is 16.0. The quantitative estimate of drug-likeness (QED) is 0.789. The van der Waals surface area contributed by atoms with Gasteiger partial charge in [-0.3, -0.25) is 4.79 Å². The molecule has 0 aromatic heterocycles. The molecule has 0 bridgehead atoms. The Morgan fingerprint density at radius 1 is 1.35 bits per heavy atom. The maximum atomic E-state index is 12.1. The Kier molecular flexibility index (Phi) is 4.95. The van der Waals surface area contributed by atoms with Crippen LogP contribution in [0.4, 0.5) is 0 Å². The lowest BCUT2D eigenvalue weighted by Gasteiger charge is -2.30. The average Bonchev–Trinajstić information content (AvgIpc) is 2.53.